The molecule has 1 fully saturated rings. The highest BCUT2D eigenvalue weighted by Crippen LogP contribution is 2.35. The predicted octanol–water partition coefficient (Wildman–Crippen LogP) is 3.26. The number of benzene rings is 1. The van der Waals surface area contributed by atoms with E-state index >= 15 is 0 Å². The maximum absolute atomic E-state index is 10.2. The Morgan fingerprint density at radius 3 is 2.47 bits per heavy atom. The van der Waals surface area contributed by atoms with E-state index in [-0.39, 0.29) is 6.10 Å². The summed E-state index contributed by atoms with van der Waals surface area (Å²) in [6, 6.07) is 7.67. The van der Waals surface area contributed by atoms with Crippen LogP contribution in [0.5, 0.6) is 11.5 Å². The third kappa shape index (κ3) is 3.41. The highest BCUT2D eigenvalue weighted by Gasteiger charge is 2.34. The predicted molar refractivity (Wildman–Crippen MR) is 75.6 cm³/mol. The fourth-order valence-electron chi connectivity index (χ4n) is 2.95. The van der Waals surface area contributed by atoms with Crippen molar-refractivity contribution >= 4 is 0 Å². The zero-order valence-corrected chi connectivity index (χ0v) is 12.0. The maximum Gasteiger partial charge on any atom is 0.161 e. The standard InChI is InChI=1S/C16H24O3/c1-4-18-14-7-5-6-8-15(14)19-16-12(3)9-11(2)10-13(16)17/h5-8,11-13,16-17H,4,9-10H2,1-3H3. The topological polar surface area (TPSA) is 38.7 Å². The summed E-state index contributed by atoms with van der Waals surface area (Å²) in [6.07, 6.45) is 1.37. The van der Waals surface area contributed by atoms with Crippen molar-refractivity contribution in [3.8, 4) is 11.5 Å². The van der Waals surface area contributed by atoms with Crippen molar-refractivity contribution in [2.24, 2.45) is 11.8 Å². The zero-order chi connectivity index (χ0) is 13.8. The molecule has 0 spiro atoms. The summed E-state index contributed by atoms with van der Waals surface area (Å²) in [7, 11) is 0. The minimum atomic E-state index is -0.395. The molecule has 2 rings (SSSR count). The molecular weight excluding hydrogens is 240 g/mol. The Kier molecular flexibility index (Phi) is 4.70. The average molecular weight is 264 g/mol. The minimum Gasteiger partial charge on any atom is -0.490 e. The van der Waals surface area contributed by atoms with Crippen LogP contribution in [0.2, 0.25) is 0 Å². The van der Waals surface area contributed by atoms with Gasteiger partial charge >= 0.3 is 0 Å². The van der Waals surface area contributed by atoms with Crippen LogP contribution in [0.4, 0.5) is 0 Å². The molecule has 0 aliphatic heterocycles. The fraction of sp³-hybridized carbons (Fsp3) is 0.625. The molecule has 0 bridgehead atoms. The maximum atomic E-state index is 10.2. The SMILES string of the molecule is CCOc1ccccc1OC1C(C)CC(C)CC1O. The monoisotopic (exact) mass is 264 g/mol. The average Bonchev–Trinajstić information content (AvgIpc) is 2.36. The van der Waals surface area contributed by atoms with Gasteiger partial charge in [0.05, 0.1) is 12.7 Å². The summed E-state index contributed by atoms with van der Waals surface area (Å²) in [6.45, 7) is 6.90. The molecule has 1 aromatic rings. The van der Waals surface area contributed by atoms with Crippen LogP contribution < -0.4 is 9.47 Å². The Bertz CT molecular complexity index is 393. The van der Waals surface area contributed by atoms with Crippen LogP contribution in [0.3, 0.4) is 0 Å². The molecule has 1 aliphatic carbocycles. The van der Waals surface area contributed by atoms with E-state index in [0.29, 0.717) is 18.4 Å². The fourth-order valence-corrected chi connectivity index (χ4v) is 2.95. The van der Waals surface area contributed by atoms with Crippen molar-refractivity contribution in [1.29, 1.82) is 0 Å². The Labute approximate surface area is 115 Å². The van der Waals surface area contributed by atoms with Gasteiger partial charge in [-0.1, -0.05) is 26.0 Å². The molecule has 1 aliphatic rings. The number of aliphatic hydroxyl groups is 1. The summed E-state index contributed by atoms with van der Waals surface area (Å²) in [5.41, 5.74) is 0. The lowest BCUT2D eigenvalue weighted by Gasteiger charge is -2.37. The van der Waals surface area contributed by atoms with Crippen LogP contribution in [-0.4, -0.2) is 23.9 Å². The number of hydrogen-bond acceptors (Lipinski definition) is 3. The first-order valence-electron chi connectivity index (χ1n) is 7.18. The van der Waals surface area contributed by atoms with Crippen LogP contribution in [0.25, 0.3) is 0 Å². The number of aliphatic hydroxyl groups excluding tert-OH is 1. The van der Waals surface area contributed by atoms with Gasteiger partial charge in [0.2, 0.25) is 0 Å². The molecule has 0 saturated heterocycles. The molecule has 106 valence electrons. The van der Waals surface area contributed by atoms with Gasteiger partial charge in [-0.05, 0) is 43.7 Å². The molecule has 0 heterocycles. The van der Waals surface area contributed by atoms with Crippen molar-refractivity contribution in [3.05, 3.63) is 24.3 Å². The molecule has 1 saturated carbocycles. The molecule has 0 radical (unpaired) electrons. The lowest BCUT2D eigenvalue weighted by Crippen LogP contribution is -2.43. The van der Waals surface area contributed by atoms with Gasteiger partial charge in [0.25, 0.3) is 0 Å². The molecule has 0 aromatic heterocycles. The highest BCUT2D eigenvalue weighted by molar-refractivity contribution is 5.39. The summed E-state index contributed by atoms with van der Waals surface area (Å²) in [5.74, 6) is 2.40. The Balaban J connectivity index is 2.11. The number of para-hydroxylation sites is 2. The summed E-state index contributed by atoms with van der Waals surface area (Å²) in [5, 5.41) is 10.2. The van der Waals surface area contributed by atoms with E-state index in [9.17, 15) is 5.11 Å². The van der Waals surface area contributed by atoms with Crippen LogP contribution in [0.1, 0.15) is 33.6 Å². The van der Waals surface area contributed by atoms with Crippen LogP contribution >= 0.6 is 0 Å². The molecule has 19 heavy (non-hydrogen) atoms. The van der Waals surface area contributed by atoms with Gasteiger partial charge in [0, 0.05) is 0 Å². The lowest BCUT2D eigenvalue weighted by atomic mass is 9.79. The normalized spacial score (nSPS) is 30.9. The van der Waals surface area contributed by atoms with Gasteiger partial charge in [-0.3, -0.25) is 0 Å². The molecule has 3 nitrogen and oxygen atoms in total. The second-order valence-corrected chi connectivity index (χ2v) is 5.58. The Hall–Kier alpha value is -1.22. The number of hydrogen-bond donors (Lipinski definition) is 1. The minimum absolute atomic E-state index is 0.141. The zero-order valence-electron chi connectivity index (χ0n) is 12.0. The largest absolute Gasteiger partial charge is 0.490 e. The first kappa shape index (κ1) is 14.2. The molecule has 1 N–H and O–H groups in total. The summed E-state index contributed by atoms with van der Waals surface area (Å²) >= 11 is 0. The van der Waals surface area contributed by atoms with Gasteiger partial charge in [-0.2, -0.15) is 0 Å². The van der Waals surface area contributed by atoms with Crippen LogP contribution in [0, 0.1) is 11.8 Å². The van der Waals surface area contributed by atoms with E-state index in [4.69, 9.17) is 9.47 Å². The number of ether oxygens (including phenoxy) is 2. The van der Waals surface area contributed by atoms with Gasteiger partial charge in [-0.15, -0.1) is 0 Å². The van der Waals surface area contributed by atoms with Crippen LogP contribution in [0.15, 0.2) is 24.3 Å². The first-order valence-corrected chi connectivity index (χ1v) is 7.18. The van der Waals surface area contributed by atoms with Gasteiger partial charge in [0.1, 0.15) is 6.10 Å². The molecule has 1 aromatic carbocycles. The molecule has 3 heteroatoms. The second-order valence-electron chi connectivity index (χ2n) is 5.58. The quantitative estimate of drug-likeness (QED) is 0.907. The van der Waals surface area contributed by atoms with E-state index < -0.39 is 6.10 Å². The molecule has 4 atom stereocenters. The van der Waals surface area contributed by atoms with Gasteiger partial charge in [-0.25, -0.2) is 0 Å². The van der Waals surface area contributed by atoms with Crippen molar-refractivity contribution in [2.75, 3.05) is 6.61 Å². The molecule has 0 amide bonds. The summed E-state index contributed by atoms with van der Waals surface area (Å²) in [4.78, 5) is 0. The first-order chi connectivity index (χ1) is 9.11. The van der Waals surface area contributed by atoms with E-state index in [1.165, 1.54) is 0 Å². The third-order valence-corrected chi connectivity index (χ3v) is 3.77. The lowest BCUT2D eigenvalue weighted by molar-refractivity contribution is -0.0398. The smallest absolute Gasteiger partial charge is 0.161 e. The van der Waals surface area contributed by atoms with Crippen LogP contribution in [-0.2, 0) is 0 Å². The number of rotatable bonds is 4. The van der Waals surface area contributed by atoms with E-state index in [2.05, 4.69) is 13.8 Å². The highest BCUT2D eigenvalue weighted by atomic mass is 16.5. The van der Waals surface area contributed by atoms with E-state index in [1.807, 2.05) is 31.2 Å². The van der Waals surface area contributed by atoms with Gasteiger partial charge < -0.3 is 14.6 Å². The third-order valence-electron chi connectivity index (χ3n) is 3.77. The van der Waals surface area contributed by atoms with Crippen molar-refractivity contribution in [1.82, 2.24) is 0 Å². The Morgan fingerprint density at radius 1 is 1.16 bits per heavy atom. The van der Waals surface area contributed by atoms with E-state index in [1.54, 1.807) is 0 Å². The molecule has 4 unspecified atom stereocenters. The summed E-state index contributed by atoms with van der Waals surface area (Å²) < 4.78 is 11.6. The second kappa shape index (κ2) is 6.29. The van der Waals surface area contributed by atoms with Crippen molar-refractivity contribution < 1.29 is 14.6 Å². The van der Waals surface area contributed by atoms with Crippen molar-refractivity contribution in [3.63, 3.8) is 0 Å². The van der Waals surface area contributed by atoms with Crippen molar-refractivity contribution in [2.45, 2.75) is 45.8 Å². The Morgan fingerprint density at radius 2 is 1.84 bits per heavy atom. The molecular formula is C16H24O3. The van der Waals surface area contributed by atoms with Gasteiger partial charge in [0.15, 0.2) is 11.5 Å². The van der Waals surface area contributed by atoms with E-state index in [0.717, 1.165) is 24.3 Å².